The molecule has 0 fully saturated rings. The summed E-state index contributed by atoms with van der Waals surface area (Å²) in [5.41, 5.74) is 2.27. The Morgan fingerprint density at radius 1 is 1.29 bits per heavy atom. The van der Waals surface area contributed by atoms with Crippen molar-refractivity contribution in [3.05, 3.63) is 35.7 Å². The number of benzene rings is 1. The first-order chi connectivity index (χ1) is 5.25. The quantitative estimate of drug-likeness (QED) is 0.593. The fraction of sp³-hybridized carbons (Fsp3) is 0.300. The maximum absolute atomic E-state index is 5.47. The number of hydrogen-bond donors (Lipinski definition) is 0. The molecular formula is C10H10OY3-2. The molecule has 3 radical (unpaired) electrons. The van der Waals surface area contributed by atoms with Crippen LogP contribution in [-0.4, -0.2) is 6.10 Å². The number of rotatable bonds is 0. The largest absolute Gasteiger partial charge is 0.591 e. The van der Waals surface area contributed by atoms with Crippen LogP contribution in [0, 0.1) is 19.4 Å². The van der Waals surface area contributed by atoms with Gasteiger partial charge in [-0.1, -0.05) is 12.7 Å². The van der Waals surface area contributed by atoms with Gasteiger partial charge in [-0.2, -0.15) is 6.07 Å². The van der Waals surface area contributed by atoms with Crippen molar-refractivity contribution in [3.63, 3.8) is 0 Å². The maximum atomic E-state index is 5.47. The van der Waals surface area contributed by atoms with Gasteiger partial charge in [-0.25, -0.2) is 23.6 Å². The summed E-state index contributed by atoms with van der Waals surface area (Å²) in [6.07, 6.45) is 2.30. The predicted octanol–water partition coefficient (Wildman–Crippen LogP) is 2.12. The molecule has 0 N–H and O–H groups in total. The Bertz CT molecular complexity index is 289. The fourth-order valence-corrected chi connectivity index (χ4v) is 1.30. The van der Waals surface area contributed by atoms with Crippen molar-refractivity contribution in [1.82, 2.24) is 0 Å². The Hall–Kier alpha value is 2.20. The van der Waals surface area contributed by atoms with E-state index in [1.165, 1.54) is 0 Å². The third-order valence-electron chi connectivity index (χ3n) is 1.80. The Morgan fingerprint density at radius 3 is 2.57 bits per heavy atom. The SMILES string of the molecule is Cc1[c-]c2c(cc1)OC(C)[CH-]2.[Y].[Y].[Y]. The molecule has 67 valence electrons. The first kappa shape index (κ1) is 18.6. The molecule has 2 rings (SSSR count). The minimum absolute atomic E-state index is 0. The van der Waals surface area contributed by atoms with E-state index in [-0.39, 0.29) is 104 Å². The third-order valence-corrected chi connectivity index (χ3v) is 1.80. The van der Waals surface area contributed by atoms with E-state index in [9.17, 15) is 0 Å². The molecular weight excluding hydrogens is 403 g/mol. The number of aryl methyl sites for hydroxylation is 1. The van der Waals surface area contributed by atoms with Gasteiger partial charge in [-0.3, -0.25) is 6.07 Å². The Kier molecular flexibility index (Phi) is 11.0. The molecule has 0 spiro atoms. The molecule has 1 aromatic rings. The minimum Gasteiger partial charge on any atom is -0.591 e. The van der Waals surface area contributed by atoms with Gasteiger partial charge in [0.15, 0.2) is 0 Å². The van der Waals surface area contributed by atoms with Crippen molar-refractivity contribution in [2.24, 2.45) is 0 Å². The van der Waals surface area contributed by atoms with E-state index in [0.29, 0.717) is 0 Å². The van der Waals surface area contributed by atoms with E-state index in [2.05, 4.69) is 12.5 Å². The van der Waals surface area contributed by atoms with E-state index in [0.717, 1.165) is 16.9 Å². The zero-order valence-corrected chi connectivity index (χ0v) is 17.0. The predicted molar refractivity (Wildman–Crippen MR) is 43.5 cm³/mol. The third kappa shape index (κ3) is 4.60. The van der Waals surface area contributed by atoms with E-state index >= 15 is 0 Å². The molecule has 0 aliphatic carbocycles. The first-order valence-corrected chi connectivity index (χ1v) is 3.80. The van der Waals surface area contributed by atoms with Crippen LogP contribution in [0.3, 0.4) is 0 Å². The molecule has 1 aromatic carbocycles. The molecule has 1 aliphatic heterocycles. The summed E-state index contributed by atoms with van der Waals surface area (Å²) in [5, 5.41) is 0. The van der Waals surface area contributed by atoms with Crippen LogP contribution in [0.1, 0.15) is 18.1 Å². The van der Waals surface area contributed by atoms with Crippen LogP contribution < -0.4 is 4.74 Å². The van der Waals surface area contributed by atoms with Crippen LogP contribution in [0.5, 0.6) is 5.75 Å². The summed E-state index contributed by atoms with van der Waals surface area (Å²) in [7, 11) is 0. The minimum atomic E-state index is 0. The second kappa shape index (κ2) is 8.32. The number of fused-ring (bicyclic) bond motifs is 1. The normalized spacial score (nSPS) is 16.0. The van der Waals surface area contributed by atoms with Crippen molar-refractivity contribution in [2.45, 2.75) is 20.0 Å². The van der Waals surface area contributed by atoms with E-state index in [4.69, 9.17) is 4.74 Å². The maximum Gasteiger partial charge on any atom is 0.0259 e. The van der Waals surface area contributed by atoms with Crippen molar-refractivity contribution in [2.75, 3.05) is 0 Å². The van der Waals surface area contributed by atoms with Crippen LogP contribution >= 0.6 is 0 Å². The van der Waals surface area contributed by atoms with Crippen LogP contribution in [-0.2, 0) is 98.1 Å². The molecule has 0 bridgehead atoms. The molecule has 1 atom stereocenters. The molecule has 14 heavy (non-hydrogen) atoms. The zero-order valence-electron chi connectivity index (χ0n) is 8.45. The monoisotopic (exact) mass is 413 g/mol. The van der Waals surface area contributed by atoms with Gasteiger partial charge < -0.3 is 4.74 Å². The molecule has 0 aromatic heterocycles. The van der Waals surface area contributed by atoms with Gasteiger partial charge in [0.2, 0.25) is 0 Å². The van der Waals surface area contributed by atoms with E-state index in [1.54, 1.807) is 0 Å². The fourth-order valence-electron chi connectivity index (χ4n) is 1.30. The van der Waals surface area contributed by atoms with Crippen LogP contribution in [0.25, 0.3) is 0 Å². The molecule has 0 saturated heterocycles. The summed E-state index contributed by atoms with van der Waals surface area (Å²) >= 11 is 0. The first-order valence-electron chi connectivity index (χ1n) is 3.80. The van der Waals surface area contributed by atoms with Crippen molar-refractivity contribution in [1.29, 1.82) is 0 Å². The Labute approximate surface area is 161 Å². The van der Waals surface area contributed by atoms with E-state index < -0.39 is 0 Å². The summed E-state index contributed by atoms with van der Waals surface area (Å²) in [4.78, 5) is 0. The molecule has 1 heterocycles. The van der Waals surface area contributed by atoms with Gasteiger partial charge >= 0.3 is 0 Å². The molecule has 1 aliphatic rings. The molecule has 1 unspecified atom stereocenters. The average Bonchev–Trinajstić information content (AvgIpc) is 2.27. The summed E-state index contributed by atoms with van der Waals surface area (Å²) < 4.78 is 5.47. The summed E-state index contributed by atoms with van der Waals surface area (Å²) in [6.45, 7) is 4.07. The van der Waals surface area contributed by atoms with Crippen LogP contribution in [0.4, 0.5) is 0 Å². The van der Waals surface area contributed by atoms with Crippen molar-refractivity contribution < 1.29 is 103 Å². The van der Waals surface area contributed by atoms with Gasteiger partial charge in [0.25, 0.3) is 0 Å². The second-order valence-corrected chi connectivity index (χ2v) is 2.91. The topological polar surface area (TPSA) is 9.23 Å². The van der Waals surface area contributed by atoms with E-state index in [1.807, 2.05) is 26.0 Å². The van der Waals surface area contributed by atoms with Gasteiger partial charge in [0.1, 0.15) is 0 Å². The van der Waals surface area contributed by atoms with Gasteiger partial charge in [-0.05, 0) is 6.92 Å². The van der Waals surface area contributed by atoms with Gasteiger partial charge in [0, 0.05) is 104 Å². The zero-order chi connectivity index (χ0) is 7.84. The number of ether oxygens (including phenoxy) is 1. The molecule has 0 amide bonds. The summed E-state index contributed by atoms with van der Waals surface area (Å²) in [6, 6.07) is 7.26. The standard InChI is InChI=1S/C10H10O.3Y/c1-7-3-4-10-9(5-7)6-8(2)11-10;;;/h3-4,6,8H,1-2H3;;;/q-2;;;. The van der Waals surface area contributed by atoms with Crippen LogP contribution in [0.15, 0.2) is 12.1 Å². The second-order valence-electron chi connectivity index (χ2n) is 2.91. The van der Waals surface area contributed by atoms with Gasteiger partial charge in [0.05, 0.1) is 0 Å². The molecule has 4 heteroatoms. The molecule has 1 nitrogen and oxygen atoms in total. The van der Waals surface area contributed by atoms with Crippen molar-refractivity contribution in [3.8, 4) is 5.75 Å². The number of hydrogen-bond acceptors (Lipinski definition) is 1. The summed E-state index contributed by atoms with van der Waals surface area (Å²) in [5.74, 6) is 0.961. The Balaban J connectivity index is 0. The molecule has 0 saturated carbocycles. The average molecular weight is 413 g/mol. The van der Waals surface area contributed by atoms with Gasteiger partial charge in [-0.15, -0.1) is 0 Å². The smallest absolute Gasteiger partial charge is 0.0259 e. The Morgan fingerprint density at radius 2 is 1.93 bits per heavy atom. The van der Waals surface area contributed by atoms with Crippen molar-refractivity contribution >= 4 is 0 Å². The van der Waals surface area contributed by atoms with Crippen LogP contribution in [0.2, 0.25) is 0 Å².